The number of fused-ring (bicyclic) bond motifs is 1. The van der Waals surface area contributed by atoms with Crippen molar-refractivity contribution in [1.82, 2.24) is 10.2 Å². The molecule has 0 bridgehead atoms. The highest BCUT2D eigenvalue weighted by molar-refractivity contribution is 6.03. The second-order valence-electron chi connectivity index (χ2n) is 5.40. The number of benzene rings is 2. The van der Waals surface area contributed by atoms with Gasteiger partial charge in [0.05, 0.1) is 22.8 Å². The highest BCUT2D eigenvalue weighted by atomic mass is 16.4. The van der Waals surface area contributed by atoms with Gasteiger partial charge in [0, 0.05) is 5.39 Å². The zero-order valence-electron chi connectivity index (χ0n) is 12.5. The summed E-state index contributed by atoms with van der Waals surface area (Å²) < 4.78 is 0. The number of hydrogen-bond donors (Lipinski definition) is 3. The molecule has 0 radical (unpaired) electrons. The lowest BCUT2D eigenvalue weighted by molar-refractivity contribution is 0.0696. The van der Waals surface area contributed by atoms with E-state index < -0.39 is 11.9 Å². The van der Waals surface area contributed by atoms with Crippen molar-refractivity contribution in [3.63, 3.8) is 0 Å². The van der Waals surface area contributed by atoms with Gasteiger partial charge >= 0.3 is 11.9 Å². The smallest absolute Gasteiger partial charge is 0.336 e. The fourth-order valence-corrected chi connectivity index (χ4v) is 2.85. The second-order valence-corrected chi connectivity index (χ2v) is 5.40. The molecular weight excluding hydrogens is 296 g/mol. The van der Waals surface area contributed by atoms with Gasteiger partial charge < -0.3 is 10.2 Å². The number of nitrogens with one attached hydrogen (secondary N) is 1. The molecule has 116 valence electrons. The van der Waals surface area contributed by atoms with Crippen LogP contribution in [0.5, 0.6) is 0 Å². The van der Waals surface area contributed by atoms with E-state index in [1.165, 1.54) is 13.0 Å². The zero-order chi connectivity index (χ0) is 16.7. The summed E-state index contributed by atoms with van der Waals surface area (Å²) in [5.41, 5.74) is 3.28. The maximum atomic E-state index is 11.7. The van der Waals surface area contributed by atoms with E-state index in [-0.39, 0.29) is 16.7 Å². The third kappa shape index (κ3) is 2.34. The van der Waals surface area contributed by atoms with Crippen LogP contribution in [-0.4, -0.2) is 32.3 Å². The van der Waals surface area contributed by atoms with Crippen molar-refractivity contribution in [1.29, 1.82) is 0 Å². The molecule has 0 unspecified atom stereocenters. The summed E-state index contributed by atoms with van der Waals surface area (Å²) in [6, 6.07) is 6.69. The minimum Gasteiger partial charge on any atom is -0.478 e. The summed E-state index contributed by atoms with van der Waals surface area (Å²) in [7, 11) is 0. The number of aromatic amines is 1. The number of carbonyl (C=O) groups is 2. The van der Waals surface area contributed by atoms with Crippen LogP contribution in [0, 0.1) is 13.8 Å². The van der Waals surface area contributed by atoms with E-state index in [1.54, 1.807) is 12.3 Å². The first-order valence-corrected chi connectivity index (χ1v) is 6.94. The summed E-state index contributed by atoms with van der Waals surface area (Å²) in [4.78, 5) is 22.9. The predicted octanol–water partition coefficient (Wildman–Crippen LogP) is 3.24. The van der Waals surface area contributed by atoms with Gasteiger partial charge in [0.1, 0.15) is 0 Å². The van der Waals surface area contributed by atoms with Gasteiger partial charge in [-0.05, 0) is 54.3 Å². The van der Waals surface area contributed by atoms with E-state index in [9.17, 15) is 19.8 Å². The summed E-state index contributed by atoms with van der Waals surface area (Å²) in [5, 5.41) is 26.5. The molecular formula is C17H14N2O4. The van der Waals surface area contributed by atoms with Crippen LogP contribution in [-0.2, 0) is 0 Å². The quantitative estimate of drug-likeness (QED) is 0.689. The number of rotatable bonds is 3. The molecule has 3 aromatic rings. The summed E-state index contributed by atoms with van der Waals surface area (Å²) in [5.74, 6) is -2.29. The Hall–Kier alpha value is -3.15. The number of nitrogens with zero attached hydrogens (tertiary/aromatic N) is 1. The van der Waals surface area contributed by atoms with Crippen LogP contribution in [0.25, 0.3) is 22.0 Å². The third-order valence-corrected chi connectivity index (χ3v) is 3.97. The Morgan fingerprint density at radius 3 is 2.48 bits per heavy atom. The number of hydrogen-bond acceptors (Lipinski definition) is 3. The van der Waals surface area contributed by atoms with Crippen molar-refractivity contribution in [2.75, 3.05) is 0 Å². The molecule has 23 heavy (non-hydrogen) atoms. The number of aryl methyl sites for hydroxylation is 1. The highest BCUT2D eigenvalue weighted by Gasteiger charge is 2.20. The molecule has 0 saturated heterocycles. The van der Waals surface area contributed by atoms with Crippen molar-refractivity contribution in [3.8, 4) is 11.1 Å². The average Bonchev–Trinajstić information content (AvgIpc) is 2.94. The average molecular weight is 310 g/mol. The number of H-pyrrole nitrogens is 1. The lowest BCUT2D eigenvalue weighted by Gasteiger charge is -2.12. The fraction of sp³-hybridized carbons (Fsp3) is 0.118. The molecule has 0 saturated carbocycles. The van der Waals surface area contributed by atoms with E-state index in [2.05, 4.69) is 10.2 Å². The van der Waals surface area contributed by atoms with Gasteiger partial charge in [-0.2, -0.15) is 5.10 Å². The Morgan fingerprint density at radius 1 is 1.09 bits per heavy atom. The molecule has 2 aromatic carbocycles. The molecule has 0 spiro atoms. The van der Waals surface area contributed by atoms with Crippen LogP contribution >= 0.6 is 0 Å². The van der Waals surface area contributed by atoms with Crippen LogP contribution in [0.3, 0.4) is 0 Å². The van der Waals surface area contributed by atoms with Gasteiger partial charge in [-0.25, -0.2) is 9.59 Å². The lowest BCUT2D eigenvalue weighted by atomic mass is 9.91. The second kappa shape index (κ2) is 5.24. The largest absolute Gasteiger partial charge is 0.478 e. The molecule has 3 rings (SSSR count). The third-order valence-electron chi connectivity index (χ3n) is 3.97. The molecule has 3 N–H and O–H groups in total. The Bertz CT molecular complexity index is 957. The van der Waals surface area contributed by atoms with Crippen molar-refractivity contribution in [3.05, 3.63) is 52.7 Å². The summed E-state index contributed by atoms with van der Waals surface area (Å²) in [6.45, 7) is 3.42. The zero-order valence-corrected chi connectivity index (χ0v) is 12.5. The van der Waals surface area contributed by atoms with E-state index in [0.29, 0.717) is 11.1 Å². The first-order valence-electron chi connectivity index (χ1n) is 6.94. The van der Waals surface area contributed by atoms with E-state index >= 15 is 0 Å². The Labute approximate surface area is 131 Å². The molecule has 0 amide bonds. The molecule has 1 heterocycles. The molecule has 1 aromatic heterocycles. The molecule has 0 fully saturated rings. The number of aromatic nitrogens is 2. The Balaban J connectivity index is 2.31. The number of carboxylic acid groups (broad SMARTS) is 2. The standard InChI is InChI=1S/C17H14N2O4/c1-8-5-10(6-11-7-18-19-15(8)11)13-4-3-12(16(20)21)9(2)14(13)17(22)23/h3-7H,1-2H3,(H,18,19)(H,20,21)(H,22,23). The Morgan fingerprint density at radius 2 is 1.83 bits per heavy atom. The van der Waals surface area contributed by atoms with E-state index in [0.717, 1.165) is 16.5 Å². The van der Waals surface area contributed by atoms with Gasteiger partial charge in [0.2, 0.25) is 0 Å². The van der Waals surface area contributed by atoms with E-state index in [1.807, 2.05) is 19.1 Å². The normalized spacial score (nSPS) is 10.9. The molecule has 0 atom stereocenters. The van der Waals surface area contributed by atoms with Gasteiger partial charge in [-0.3, -0.25) is 5.10 Å². The monoisotopic (exact) mass is 310 g/mol. The highest BCUT2D eigenvalue weighted by Crippen LogP contribution is 2.31. The molecule has 0 aliphatic carbocycles. The van der Waals surface area contributed by atoms with Crippen molar-refractivity contribution in [2.24, 2.45) is 0 Å². The van der Waals surface area contributed by atoms with Gasteiger partial charge in [-0.1, -0.05) is 6.07 Å². The van der Waals surface area contributed by atoms with Crippen LogP contribution in [0.4, 0.5) is 0 Å². The van der Waals surface area contributed by atoms with Crippen molar-refractivity contribution < 1.29 is 19.8 Å². The Kier molecular flexibility index (Phi) is 3.37. The lowest BCUT2D eigenvalue weighted by Crippen LogP contribution is -2.09. The topological polar surface area (TPSA) is 103 Å². The van der Waals surface area contributed by atoms with Gasteiger partial charge in [-0.15, -0.1) is 0 Å². The van der Waals surface area contributed by atoms with Crippen LogP contribution in [0.15, 0.2) is 30.5 Å². The van der Waals surface area contributed by atoms with Crippen LogP contribution < -0.4 is 0 Å². The summed E-state index contributed by atoms with van der Waals surface area (Å²) >= 11 is 0. The number of aromatic carboxylic acids is 2. The fourth-order valence-electron chi connectivity index (χ4n) is 2.85. The summed E-state index contributed by atoms with van der Waals surface area (Å²) in [6.07, 6.45) is 1.67. The number of carboxylic acids is 2. The predicted molar refractivity (Wildman–Crippen MR) is 84.9 cm³/mol. The maximum Gasteiger partial charge on any atom is 0.336 e. The van der Waals surface area contributed by atoms with Crippen LogP contribution in [0.1, 0.15) is 31.8 Å². The molecule has 6 heteroatoms. The first kappa shape index (κ1) is 14.8. The molecule has 0 aliphatic heterocycles. The van der Waals surface area contributed by atoms with Crippen molar-refractivity contribution in [2.45, 2.75) is 13.8 Å². The van der Waals surface area contributed by atoms with E-state index in [4.69, 9.17) is 0 Å². The van der Waals surface area contributed by atoms with Crippen LogP contribution in [0.2, 0.25) is 0 Å². The molecule has 0 aliphatic rings. The van der Waals surface area contributed by atoms with Gasteiger partial charge in [0.25, 0.3) is 0 Å². The maximum absolute atomic E-state index is 11.7. The minimum absolute atomic E-state index is 0.00662. The molecule has 6 nitrogen and oxygen atoms in total. The minimum atomic E-state index is -1.15. The first-order chi connectivity index (χ1) is 10.9. The van der Waals surface area contributed by atoms with Crippen molar-refractivity contribution >= 4 is 22.8 Å². The van der Waals surface area contributed by atoms with Gasteiger partial charge in [0.15, 0.2) is 0 Å². The SMILES string of the molecule is Cc1c(C(=O)O)ccc(-c2cc(C)c3[nH]ncc3c2)c1C(=O)O.